The summed E-state index contributed by atoms with van der Waals surface area (Å²) in [4.78, 5) is 3.62. The Balaban J connectivity index is 1.35. The number of aromatic amines is 1. The molecule has 1 aromatic heterocycles. The fourth-order valence-corrected chi connectivity index (χ4v) is 7.42. The van der Waals surface area contributed by atoms with Gasteiger partial charge >= 0.3 is 0 Å². The lowest BCUT2D eigenvalue weighted by atomic mass is 9.70. The highest BCUT2D eigenvalue weighted by atomic mass is 14.7. The van der Waals surface area contributed by atoms with Crippen LogP contribution in [0.1, 0.15) is 55.5 Å². The molecule has 5 aromatic carbocycles. The van der Waals surface area contributed by atoms with Gasteiger partial charge in [0.15, 0.2) is 6.20 Å². The van der Waals surface area contributed by atoms with Gasteiger partial charge in [-0.3, -0.25) is 0 Å². The number of pyridine rings is 1. The van der Waals surface area contributed by atoms with Gasteiger partial charge in [0.1, 0.15) is 0 Å². The number of hydrogen-bond donors (Lipinski definition) is 0. The van der Waals surface area contributed by atoms with Crippen LogP contribution in [-0.4, -0.2) is 0 Å². The molecule has 0 amide bonds. The van der Waals surface area contributed by atoms with Crippen LogP contribution in [0, 0.1) is 0 Å². The van der Waals surface area contributed by atoms with Gasteiger partial charge in [0.05, 0.1) is 10.8 Å². The molecule has 1 atom stereocenters. The minimum Gasteiger partial charge on any atom is -0.211 e. The van der Waals surface area contributed by atoms with Gasteiger partial charge in [-0.05, 0) is 80.3 Å². The molecule has 1 nitrogen and oxygen atoms in total. The molecule has 0 aliphatic heterocycles. The maximum Gasteiger partial charge on any atom is 0.218 e. The van der Waals surface area contributed by atoms with Gasteiger partial charge in [-0.25, -0.2) is 4.98 Å². The number of aromatic nitrogens is 1. The normalized spacial score (nSPS) is 17.2. The smallest absolute Gasteiger partial charge is 0.211 e. The number of fused-ring (bicyclic) bond motifs is 10. The quantitative estimate of drug-likeness (QED) is 0.194. The Bertz CT molecular complexity index is 2050. The average Bonchev–Trinajstić information content (AvgIpc) is 3.44. The molecule has 2 aliphatic rings. The Morgan fingerprint density at radius 3 is 2.23 bits per heavy atom. The van der Waals surface area contributed by atoms with E-state index in [0.717, 1.165) is 0 Å². The van der Waals surface area contributed by atoms with Crippen LogP contribution in [0.3, 0.4) is 0 Å². The highest BCUT2D eigenvalue weighted by Gasteiger charge is 2.49. The molecule has 192 valence electrons. The summed E-state index contributed by atoms with van der Waals surface area (Å²) in [5.74, 6) is 0. The molecule has 1 unspecified atom stereocenters. The molecule has 6 aromatic rings. The number of allylic oxidation sites excluding steroid dienone is 1. The standard InChI is InChI=1S/C39H31N/c1-24-21-26-9-5-7-11-34(26)39(24)35-12-8-6-10-31(35)33-23-27(14-18-36(33)39)37-32-16-13-25-22-28(38(2,3)4)15-17-29(25)30(32)19-20-40-37/h5-23H,1-4H3/p+1. The largest absolute Gasteiger partial charge is 0.218 e. The van der Waals surface area contributed by atoms with Gasteiger partial charge < -0.3 is 0 Å². The fraction of sp³-hybridized carbons (Fsp3) is 0.154. The molecule has 8 rings (SSSR count). The van der Waals surface area contributed by atoms with E-state index in [0.29, 0.717) is 0 Å². The van der Waals surface area contributed by atoms with Crippen molar-refractivity contribution in [3.05, 3.63) is 143 Å². The van der Waals surface area contributed by atoms with Crippen molar-refractivity contribution in [2.75, 3.05) is 0 Å². The van der Waals surface area contributed by atoms with E-state index in [9.17, 15) is 0 Å². The summed E-state index contributed by atoms with van der Waals surface area (Å²) < 4.78 is 0. The lowest BCUT2D eigenvalue weighted by Gasteiger charge is -2.31. The molecule has 1 spiro atoms. The summed E-state index contributed by atoms with van der Waals surface area (Å²) in [6, 6.07) is 38.8. The van der Waals surface area contributed by atoms with Gasteiger partial charge in [-0.15, -0.1) is 0 Å². The number of rotatable bonds is 1. The molecular formula is C39H32N+. The second kappa shape index (κ2) is 8.02. The molecule has 1 heteroatoms. The minimum atomic E-state index is -0.218. The molecule has 0 bridgehead atoms. The predicted molar refractivity (Wildman–Crippen MR) is 168 cm³/mol. The van der Waals surface area contributed by atoms with Crippen molar-refractivity contribution >= 4 is 27.6 Å². The van der Waals surface area contributed by atoms with Crippen LogP contribution in [0.25, 0.3) is 50.0 Å². The first-order valence-corrected chi connectivity index (χ1v) is 14.3. The van der Waals surface area contributed by atoms with Crippen LogP contribution in [0.2, 0.25) is 0 Å². The summed E-state index contributed by atoms with van der Waals surface area (Å²) in [5.41, 5.74) is 13.2. The number of hydrogen-bond acceptors (Lipinski definition) is 0. The van der Waals surface area contributed by atoms with Crippen molar-refractivity contribution in [3.63, 3.8) is 0 Å². The SMILES string of the molecule is CC1=Cc2ccccc2C12c1ccccc1-c1cc(-c3[nH+]ccc4c3ccc3cc(C(C)(C)C)ccc34)ccc12. The van der Waals surface area contributed by atoms with Crippen LogP contribution >= 0.6 is 0 Å². The van der Waals surface area contributed by atoms with E-state index in [2.05, 4.69) is 148 Å². The highest BCUT2D eigenvalue weighted by molar-refractivity contribution is 6.11. The van der Waals surface area contributed by atoms with E-state index in [4.69, 9.17) is 0 Å². The Labute approximate surface area is 235 Å². The molecule has 0 radical (unpaired) electrons. The topological polar surface area (TPSA) is 14.1 Å². The van der Waals surface area contributed by atoms with E-state index < -0.39 is 0 Å². The maximum absolute atomic E-state index is 3.62. The Morgan fingerprint density at radius 2 is 1.38 bits per heavy atom. The second-order valence-electron chi connectivity index (χ2n) is 12.5. The third-order valence-electron chi connectivity index (χ3n) is 9.34. The zero-order chi connectivity index (χ0) is 27.2. The summed E-state index contributed by atoms with van der Waals surface area (Å²) in [5, 5.41) is 5.13. The molecule has 1 heterocycles. The van der Waals surface area contributed by atoms with E-state index in [-0.39, 0.29) is 10.8 Å². The van der Waals surface area contributed by atoms with Gasteiger partial charge in [0, 0.05) is 17.0 Å². The monoisotopic (exact) mass is 514 g/mol. The molecule has 1 N–H and O–H groups in total. The van der Waals surface area contributed by atoms with Gasteiger partial charge in [0.25, 0.3) is 0 Å². The molecular weight excluding hydrogens is 482 g/mol. The van der Waals surface area contributed by atoms with Crippen LogP contribution < -0.4 is 4.98 Å². The molecule has 0 saturated carbocycles. The third-order valence-corrected chi connectivity index (χ3v) is 9.34. The summed E-state index contributed by atoms with van der Waals surface area (Å²) in [6.45, 7) is 9.13. The molecule has 40 heavy (non-hydrogen) atoms. The third kappa shape index (κ3) is 3.01. The zero-order valence-electron chi connectivity index (χ0n) is 23.5. The van der Waals surface area contributed by atoms with Crippen molar-refractivity contribution in [2.45, 2.75) is 38.5 Å². The zero-order valence-corrected chi connectivity index (χ0v) is 23.5. The number of nitrogens with one attached hydrogen (secondary N) is 1. The van der Waals surface area contributed by atoms with Crippen molar-refractivity contribution in [2.24, 2.45) is 0 Å². The molecule has 2 aliphatic carbocycles. The fourth-order valence-electron chi connectivity index (χ4n) is 7.42. The first-order chi connectivity index (χ1) is 19.4. The van der Waals surface area contributed by atoms with Crippen LogP contribution in [0.5, 0.6) is 0 Å². The molecule has 0 saturated heterocycles. The average molecular weight is 515 g/mol. The van der Waals surface area contributed by atoms with Gasteiger partial charge in [0.2, 0.25) is 5.69 Å². The van der Waals surface area contributed by atoms with Crippen molar-refractivity contribution in [3.8, 4) is 22.4 Å². The van der Waals surface area contributed by atoms with E-state index in [1.54, 1.807) is 0 Å². The van der Waals surface area contributed by atoms with Crippen LogP contribution in [0.4, 0.5) is 0 Å². The Kier molecular flexibility index (Phi) is 4.69. The van der Waals surface area contributed by atoms with Gasteiger partial charge in [-0.1, -0.05) is 111 Å². The van der Waals surface area contributed by atoms with Crippen molar-refractivity contribution < 1.29 is 4.98 Å². The lowest BCUT2D eigenvalue weighted by Crippen LogP contribution is -2.26. The first kappa shape index (κ1) is 23.4. The highest BCUT2D eigenvalue weighted by Crippen LogP contribution is 2.60. The second-order valence-corrected chi connectivity index (χ2v) is 12.5. The first-order valence-electron chi connectivity index (χ1n) is 14.3. The van der Waals surface area contributed by atoms with Crippen molar-refractivity contribution in [1.29, 1.82) is 0 Å². The van der Waals surface area contributed by atoms with E-state index >= 15 is 0 Å². The summed E-state index contributed by atoms with van der Waals surface area (Å²) in [7, 11) is 0. The van der Waals surface area contributed by atoms with Crippen LogP contribution in [0.15, 0.2) is 115 Å². The van der Waals surface area contributed by atoms with Crippen LogP contribution in [-0.2, 0) is 10.8 Å². The number of H-pyrrole nitrogens is 1. The van der Waals surface area contributed by atoms with E-state index in [1.807, 2.05) is 0 Å². The van der Waals surface area contributed by atoms with Crippen molar-refractivity contribution in [1.82, 2.24) is 0 Å². The summed E-state index contributed by atoms with van der Waals surface area (Å²) in [6.07, 6.45) is 4.47. The predicted octanol–water partition coefficient (Wildman–Crippen LogP) is 9.50. The summed E-state index contributed by atoms with van der Waals surface area (Å²) >= 11 is 0. The Hall–Kier alpha value is -4.49. The maximum atomic E-state index is 3.62. The van der Waals surface area contributed by atoms with E-state index in [1.165, 1.54) is 77.3 Å². The lowest BCUT2D eigenvalue weighted by molar-refractivity contribution is -0.362. The van der Waals surface area contributed by atoms with Gasteiger partial charge in [-0.2, -0.15) is 0 Å². The molecule has 0 fully saturated rings. The minimum absolute atomic E-state index is 0.129. The number of benzene rings is 5. The Morgan fingerprint density at radius 1 is 0.625 bits per heavy atom.